The fraction of sp³-hybridized carbons (Fsp3) is 0.321. The van der Waals surface area contributed by atoms with E-state index in [1.807, 2.05) is 60.7 Å². The lowest BCUT2D eigenvalue weighted by molar-refractivity contribution is 0.0946. The van der Waals surface area contributed by atoms with Crippen molar-refractivity contribution < 1.29 is 14.3 Å². The van der Waals surface area contributed by atoms with Gasteiger partial charge in [-0.05, 0) is 49.2 Å². The molecule has 0 saturated carbocycles. The van der Waals surface area contributed by atoms with Crippen molar-refractivity contribution >= 4 is 17.5 Å². The molecule has 3 aromatic carbocycles. The van der Waals surface area contributed by atoms with Gasteiger partial charge in [-0.3, -0.25) is 4.79 Å². The van der Waals surface area contributed by atoms with Crippen LogP contribution in [0.1, 0.15) is 40.7 Å². The average molecular weight is 479 g/mol. The zero-order chi connectivity index (χ0) is 23.6. The molecule has 0 bridgehead atoms. The van der Waals surface area contributed by atoms with E-state index in [-0.39, 0.29) is 10.9 Å². The highest BCUT2D eigenvalue weighted by molar-refractivity contribution is 6.35. The number of carbonyl (C=O) groups excluding carboxylic acids is 1. The lowest BCUT2D eigenvalue weighted by Crippen LogP contribution is -2.37. The quantitative estimate of drug-likeness (QED) is 0.405. The van der Waals surface area contributed by atoms with Gasteiger partial charge in [0, 0.05) is 13.1 Å². The first-order chi connectivity index (χ1) is 16.7. The maximum atomic E-state index is 12.9. The van der Waals surface area contributed by atoms with Gasteiger partial charge in [0.05, 0.1) is 10.6 Å². The van der Waals surface area contributed by atoms with E-state index < -0.39 is 0 Å². The third-order valence-corrected chi connectivity index (χ3v) is 6.31. The Hall–Kier alpha value is -3.02. The van der Waals surface area contributed by atoms with Gasteiger partial charge in [-0.2, -0.15) is 0 Å². The topological polar surface area (TPSA) is 50.8 Å². The molecular formula is C28H31ClN2O3. The van der Waals surface area contributed by atoms with Crippen LogP contribution in [-0.2, 0) is 13.2 Å². The Labute approximate surface area is 206 Å². The number of nitrogens with one attached hydrogen (secondary N) is 1. The molecule has 0 atom stereocenters. The normalized spacial score (nSPS) is 13.9. The lowest BCUT2D eigenvalue weighted by atomic mass is 10.1. The highest BCUT2D eigenvalue weighted by Gasteiger charge is 2.20. The van der Waals surface area contributed by atoms with E-state index in [9.17, 15) is 4.79 Å². The van der Waals surface area contributed by atoms with Crippen molar-refractivity contribution in [2.45, 2.75) is 32.5 Å². The van der Waals surface area contributed by atoms with Crippen molar-refractivity contribution in [3.05, 3.63) is 94.5 Å². The van der Waals surface area contributed by atoms with Gasteiger partial charge in [0.1, 0.15) is 13.2 Å². The highest BCUT2D eigenvalue weighted by atomic mass is 35.5. The summed E-state index contributed by atoms with van der Waals surface area (Å²) >= 11 is 6.71. The predicted octanol–water partition coefficient (Wildman–Crippen LogP) is 5.71. The summed E-state index contributed by atoms with van der Waals surface area (Å²) in [6, 6.07) is 23.2. The summed E-state index contributed by atoms with van der Waals surface area (Å²) in [7, 11) is 0. The Bertz CT molecular complexity index is 1050. The molecule has 1 heterocycles. The molecule has 6 heteroatoms. The molecule has 34 heavy (non-hydrogen) atoms. The third-order valence-electron chi connectivity index (χ3n) is 5.93. The molecule has 1 N–H and O–H groups in total. The summed E-state index contributed by atoms with van der Waals surface area (Å²) in [4.78, 5) is 15.3. The molecule has 0 aromatic heterocycles. The monoisotopic (exact) mass is 478 g/mol. The summed E-state index contributed by atoms with van der Waals surface area (Å²) in [5, 5.41) is 3.27. The Balaban J connectivity index is 1.46. The Morgan fingerprint density at radius 3 is 2.09 bits per heavy atom. The number of benzene rings is 3. The van der Waals surface area contributed by atoms with Crippen LogP contribution in [0.2, 0.25) is 5.02 Å². The van der Waals surface area contributed by atoms with Crippen LogP contribution in [0.5, 0.6) is 11.5 Å². The number of ether oxygens (including phenoxy) is 2. The molecular weight excluding hydrogens is 448 g/mol. The molecule has 1 saturated heterocycles. The van der Waals surface area contributed by atoms with Gasteiger partial charge < -0.3 is 19.7 Å². The summed E-state index contributed by atoms with van der Waals surface area (Å²) < 4.78 is 12.1. The summed E-state index contributed by atoms with van der Waals surface area (Å²) in [5.74, 6) is 0.681. The molecule has 0 spiro atoms. The van der Waals surface area contributed by atoms with Crippen LogP contribution in [0.25, 0.3) is 0 Å². The molecule has 4 rings (SSSR count). The van der Waals surface area contributed by atoms with Crippen molar-refractivity contribution in [2.75, 3.05) is 26.2 Å². The lowest BCUT2D eigenvalue weighted by Gasteiger charge is -2.26. The molecule has 0 aliphatic carbocycles. The molecule has 1 fully saturated rings. The highest BCUT2D eigenvalue weighted by Crippen LogP contribution is 2.38. The van der Waals surface area contributed by atoms with Crippen molar-refractivity contribution in [3.63, 3.8) is 0 Å². The maximum absolute atomic E-state index is 12.9. The van der Waals surface area contributed by atoms with E-state index in [0.717, 1.165) is 30.8 Å². The van der Waals surface area contributed by atoms with Crippen LogP contribution in [0.4, 0.5) is 0 Å². The summed E-state index contributed by atoms with van der Waals surface area (Å²) in [5.41, 5.74) is 2.42. The van der Waals surface area contributed by atoms with Crippen molar-refractivity contribution in [2.24, 2.45) is 0 Å². The molecule has 1 aliphatic heterocycles. The van der Waals surface area contributed by atoms with E-state index >= 15 is 0 Å². The van der Waals surface area contributed by atoms with E-state index in [1.165, 1.54) is 19.3 Å². The van der Waals surface area contributed by atoms with Gasteiger partial charge in [-0.15, -0.1) is 0 Å². The van der Waals surface area contributed by atoms with Crippen molar-refractivity contribution in [3.8, 4) is 11.5 Å². The van der Waals surface area contributed by atoms with Crippen LogP contribution in [0.15, 0.2) is 72.8 Å². The third kappa shape index (κ3) is 6.75. The van der Waals surface area contributed by atoms with Crippen LogP contribution in [-0.4, -0.2) is 37.0 Å². The molecule has 1 amide bonds. The minimum Gasteiger partial charge on any atom is -0.485 e. The molecule has 5 nitrogen and oxygen atoms in total. The Morgan fingerprint density at radius 2 is 1.44 bits per heavy atom. The fourth-order valence-electron chi connectivity index (χ4n) is 4.03. The number of likely N-dealkylation sites (tertiary alicyclic amines) is 1. The number of halogens is 1. The molecule has 1 aliphatic rings. The fourth-order valence-corrected chi connectivity index (χ4v) is 4.33. The number of rotatable bonds is 10. The number of nitrogens with zero attached hydrogens (tertiary/aromatic N) is 1. The van der Waals surface area contributed by atoms with Gasteiger partial charge in [0.25, 0.3) is 5.91 Å². The second kappa shape index (κ2) is 12.4. The van der Waals surface area contributed by atoms with Crippen LogP contribution < -0.4 is 14.8 Å². The molecule has 178 valence electrons. The van der Waals surface area contributed by atoms with Gasteiger partial charge in [-0.1, -0.05) is 78.7 Å². The van der Waals surface area contributed by atoms with Crippen LogP contribution in [0.3, 0.4) is 0 Å². The van der Waals surface area contributed by atoms with Gasteiger partial charge in [-0.25, -0.2) is 0 Å². The Morgan fingerprint density at radius 1 is 0.824 bits per heavy atom. The minimum atomic E-state index is -0.207. The zero-order valence-corrected chi connectivity index (χ0v) is 20.1. The number of hydrogen-bond acceptors (Lipinski definition) is 4. The van der Waals surface area contributed by atoms with Crippen LogP contribution in [0, 0.1) is 0 Å². The van der Waals surface area contributed by atoms with Gasteiger partial charge in [0.15, 0.2) is 11.5 Å². The summed E-state index contributed by atoms with van der Waals surface area (Å²) in [6.45, 7) is 4.33. The molecule has 3 aromatic rings. The van der Waals surface area contributed by atoms with E-state index in [1.54, 1.807) is 12.1 Å². The number of carbonyl (C=O) groups is 1. The first-order valence-electron chi connectivity index (χ1n) is 11.9. The molecule has 0 unspecified atom stereocenters. The van der Waals surface area contributed by atoms with E-state index in [4.69, 9.17) is 21.1 Å². The number of hydrogen-bond donors (Lipinski definition) is 1. The molecule has 0 radical (unpaired) electrons. The zero-order valence-electron chi connectivity index (χ0n) is 19.3. The first-order valence-corrected chi connectivity index (χ1v) is 12.2. The number of piperidine rings is 1. The van der Waals surface area contributed by atoms with E-state index in [2.05, 4.69) is 10.2 Å². The van der Waals surface area contributed by atoms with Crippen LogP contribution >= 0.6 is 11.6 Å². The standard InChI is InChI=1S/C28H31ClN2O3/c29-26-24(28(32)30-16-19-31-17-8-3-9-18-31)14-15-25(33-20-22-10-4-1-5-11-22)27(26)34-21-23-12-6-2-7-13-23/h1-2,4-7,10-15H,3,8-9,16-21H2,(H,30,32). The summed E-state index contributed by atoms with van der Waals surface area (Å²) in [6.07, 6.45) is 3.75. The Kier molecular flexibility index (Phi) is 8.83. The predicted molar refractivity (Wildman–Crippen MR) is 136 cm³/mol. The first kappa shape index (κ1) is 24.1. The second-order valence-electron chi connectivity index (χ2n) is 8.46. The largest absolute Gasteiger partial charge is 0.485 e. The minimum absolute atomic E-state index is 0.207. The smallest absolute Gasteiger partial charge is 0.252 e. The van der Waals surface area contributed by atoms with Crippen molar-refractivity contribution in [1.29, 1.82) is 0 Å². The maximum Gasteiger partial charge on any atom is 0.252 e. The van der Waals surface area contributed by atoms with Crippen molar-refractivity contribution in [1.82, 2.24) is 10.2 Å². The van der Waals surface area contributed by atoms with E-state index in [0.29, 0.717) is 36.8 Å². The SMILES string of the molecule is O=C(NCCN1CCCCC1)c1ccc(OCc2ccccc2)c(OCc2ccccc2)c1Cl. The second-order valence-corrected chi connectivity index (χ2v) is 8.84. The van der Waals surface area contributed by atoms with Gasteiger partial charge >= 0.3 is 0 Å². The average Bonchev–Trinajstić information content (AvgIpc) is 2.88. The number of amides is 1. The van der Waals surface area contributed by atoms with Gasteiger partial charge in [0.2, 0.25) is 0 Å².